The van der Waals surface area contributed by atoms with E-state index in [0.29, 0.717) is 47.8 Å². The minimum atomic E-state index is -0.257. The SMILES string of the molecule is COc1ccc(N2CCN(C(=O)CCC(C)C3CCC4C5CCC6CC(O)CCC6(C)C5CC(O)C34C)CC2)cc1. The molecule has 1 aromatic rings. The van der Waals surface area contributed by atoms with Crippen molar-refractivity contribution in [2.45, 2.75) is 97.2 Å². The van der Waals surface area contributed by atoms with Gasteiger partial charge < -0.3 is 24.7 Å². The Morgan fingerprint density at radius 1 is 0.976 bits per heavy atom. The van der Waals surface area contributed by atoms with Gasteiger partial charge in [0.25, 0.3) is 0 Å². The van der Waals surface area contributed by atoms with Gasteiger partial charge >= 0.3 is 0 Å². The Bertz CT molecular complexity index is 1070. The van der Waals surface area contributed by atoms with Crippen molar-refractivity contribution in [1.29, 1.82) is 0 Å². The molecule has 1 aromatic carbocycles. The summed E-state index contributed by atoms with van der Waals surface area (Å²) in [5, 5.41) is 22.2. The molecule has 2 N–H and O–H groups in total. The van der Waals surface area contributed by atoms with Gasteiger partial charge in [-0.3, -0.25) is 4.79 Å². The minimum absolute atomic E-state index is 0.0367. The summed E-state index contributed by atoms with van der Waals surface area (Å²) >= 11 is 0. The summed E-state index contributed by atoms with van der Waals surface area (Å²) in [6.07, 6.45) is 10.0. The Morgan fingerprint density at radius 3 is 2.41 bits per heavy atom. The molecule has 0 radical (unpaired) electrons. The summed E-state index contributed by atoms with van der Waals surface area (Å²) in [4.78, 5) is 17.7. The predicted molar refractivity (Wildman–Crippen MR) is 163 cm³/mol. The molecular formula is C35H54N2O4. The van der Waals surface area contributed by atoms with E-state index in [1.54, 1.807) is 7.11 Å². The number of aliphatic hydroxyl groups is 2. The van der Waals surface area contributed by atoms with Gasteiger partial charge in [0.2, 0.25) is 5.91 Å². The second-order valence-corrected chi connectivity index (χ2v) is 15.0. The molecule has 10 atom stereocenters. The van der Waals surface area contributed by atoms with Crippen molar-refractivity contribution in [1.82, 2.24) is 4.90 Å². The molecule has 5 fully saturated rings. The Kier molecular flexibility index (Phi) is 8.12. The van der Waals surface area contributed by atoms with E-state index in [0.717, 1.165) is 64.0 Å². The summed E-state index contributed by atoms with van der Waals surface area (Å²) in [5.74, 6) is 4.60. The number of aliphatic hydroxyl groups excluding tert-OH is 2. The highest BCUT2D eigenvalue weighted by Crippen LogP contribution is 2.68. The highest BCUT2D eigenvalue weighted by molar-refractivity contribution is 5.76. The van der Waals surface area contributed by atoms with Crippen LogP contribution in [0.4, 0.5) is 5.69 Å². The highest BCUT2D eigenvalue weighted by Gasteiger charge is 2.63. The van der Waals surface area contributed by atoms with Crippen LogP contribution in [-0.2, 0) is 4.79 Å². The lowest BCUT2D eigenvalue weighted by atomic mass is 9.43. The zero-order chi connectivity index (χ0) is 28.9. The zero-order valence-corrected chi connectivity index (χ0v) is 25.9. The largest absolute Gasteiger partial charge is 0.497 e. The van der Waals surface area contributed by atoms with E-state index < -0.39 is 0 Å². The van der Waals surface area contributed by atoms with Crippen molar-refractivity contribution in [3.05, 3.63) is 24.3 Å². The third-order valence-corrected chi connectivity index (χ3v) is 13.4. The topological polar surface area (TPSA) is 73.2 Å². The first kappa shape index (κ1) is 29.3. The summed E-state index contributed by atoms with van der Waals surface area (Å²) in [7, 11) is 1.69. The van der Waals surface area contributed by atoms with Crippen LogP contribution in [0.5, 0.6) is 5.75 Å². The number of amides is 1. The van der Waals surface area contributed by atoms with E-state index in [2.05, 4.69) is 42.7 Å². The van der Waals surface area contributed by atoms with E-state index in [1.165, 1.54) is 31.4 Å². The van der Waals surface area contributed by atoms with Crippen LogP contribution in [0.3, 0.4) is 0 Å². The van der Waals surface area contributed by atoms with Crippen LogP contribution >= 0.6 is 0 Å². The van der Waals surface area contributed by atoms with Gasteiger partial charge in [0, 0.05) is 38.3 Å². The molecule has 0 bridgehead atoms. The second kappa shape index (κ2) is 11.4. The normalized spacial score (nSPS) is 41.3. The molecule has 0 aromatic heterocycles. The third-order valence-electron chi connectivity index (χ3n) is 13.4. The molecule has 10 unspecified atom stereocenters. The fraction of sp³-hybridized carbons (Fsp3) is 0.800. The number of carbonyl (C=O) groups excluding carboxylic acids is 1. The first-order valence-corrected chi connectivity index (χ1v) is 16.7. The van der Waals surface area contributed by atoms with Gasteiger partial charge in [-0.05, 0) is 128 Å². The van der Waals surface area contributed by atoms with E-state index in [9.17, 15) is 15.0 Å². The van der Waals surface area contributed by atoms with Crippen LogP contribution in [0.25, 0.3) is 0 Å². The lowest BCUT2D eigenvalue weighted by Gasteiger charge is -2.62. The van der Waals surface area contributed by atoms with Crippen LogP contribution in [0.15, 0.2) is 24.3 Å². The number of ether oxygens (including phenoxy) is 1. The molecule has 41 heavy (non-hydrogen) atoms. The monoisotopic (exact) mass is 566 g/mol. The maximum atomic E-state index is 13.3. The molecule has 0 spiro atoms. The van der Waals surface area contributed by atoms with Crippen molar-refractivity contribution in [2.24, 2.45) is 46.3 Å². The lowest BCUT2D eigenvalue weighted by molar-refractivity contribution is -0.175. The van der Waals surface area contributed by atoms with E-state index in [-0.39, 0.29) is 23.0 Å². The smallest absolute Gasteiger partial charge is 0.222 e. The average Bonchev–Trinajstić information content (AvgIpc) is 3.35. The second-order valence-electron chi connectivity index (χ2n) is 15.0. The average molecular weight is 567 g/mol. The van der Waals surface area contributed by atoms with E-state index in [1.807, 2.05) is 12.1 Å². The zero-order valence-electron chi connectivity index (χ0n) is 25.9. The maximum absolute atomic E-state index is 13.3. The Labute approximate surface area is 247 Å². The Balaban J connectivity index is 1.04. The molecule has 1 saturated heterocycles. The molecule has 4 saturated carbocycles. The maximum Gasteiger partial charge on any atom is 0.222 e. The fourth-order valence-corrected chi connectivity index (χ4v) is 10.9. The molecule has 6 rings (SSSR count). The third kappa shape index (κ3) is 5.09. The van der Waals surface area contributed by atoms with Crippen LogP contribution in [0.1, 0.15) is 85.0 Å². The summed E-state index contributed by atoms with van der Waals surface area (Å²) in [6.45, 7) is 10.5. The number of fused-ring (bicyclic) bond motifs is 5. The summed E-state index contributed by atoms with van der Waals surface area (Å²) in [6, 6.07) is 8.19. The van der Waals surface area contributed by atoms with Crippen LogP contribution in [0, 0.1) is 46.3 Å². The van der Waals surface area contributed by atoms with Gasteiger partial charge in [0.15, 0.2) is 0 Å². The lowest BCUT2D eigenvalue weighted by Crippen LogP contribution is -2.58. The van der Waals surface area contributed by atoms with Crippen molar-refractivity contribution >= 4 is 11.6 Å². The molecule has 1 amide bonds. The van der Waals surface area contributed by atoms with Crippen LogP contribution in [-0.4, -0.2) is 66.5 Å². The number of piperazine rings is 1. The molecule has 228 valence electrons. The van der Waals surface area contributed by atoms with Gasteiger partial charge in [-0.15, -0.1) is 0 Å². The number of nitrogens with zero attached hydrogens (tertiary/aromatic N) is 2. The Morgan fingerprint density at radius 2 is 1.71 bits per heavy atom. The van der Waals surface area contributed by atoms with E-state index in [4.69, 9.17) is 4.74 Å². The first-order chi connectivity index (χ1) is 19.6. The van der Waals surface area contributed by atoms with Crippen LogP contribution in [0.2, 0.25) is 0 Å². The number of anilines is 1. The number of hydrogen-bond acceptors (Lipinski definition) is 5. The van der Waals surface area contributed by atoms with Gasteiger partial charge in [-0.2, -0.15) is 0 Å². The van der Waals surface area contributed by atoms with Gasteiger partial charge in [-0.25, -0.2) is 0 Å². The molecule has 6 nitrogen and oxygen atoms in total. The van der Waals surface area contributed by atoms with Crippen molar-refractivity contribution in [3.8, 4) is 5.75 Å². The molecule has 5 aliphatic rings. The quantitative estimate of drug-likeness (QED) is 0.459. The Hall–Kier alpha value is -1.79. The van der Waals surface area contributed by atoms with Gasteiger partial charge in [0.1, 0.15) is 5.75 Å². The predicted octanol–water partition coefficient (Wildman–Crippen LogP) is 5.75. The first-order valence-electron chi connectivity index (χ1n) is 16.7. The van der Waals surface area contributed by atoms with Gasteiger partial charge in [0.05, 0.1) is 19.3 Å². The molecule has 4 aliphatic carbocycles. The number of carbonyl (C=O) groups is 1. The number of rotatable bonds is 6. The van der Waals surface area contributed by atoms with Crippen molar-refractivity contribution < 1.29 is 19.7 Å². The van der Waals surface area contributed by atoms with Crippen molar-refractivity contribution in [2.75, 3.05) is 38.2 Å². The minimum Gasteiger partial charge on any atom is -0.497 e. The standard InChI is InChI=1S/C35H54N2O4/c1-23(5-14-33(40)37-19-17-36(18-20-37)25-7-9-27(41-4)10-8-25)29-12-13-30-28-11-6-24-21-26(38)15-16-34(24,2)31(28)22-32(39)35(29,30)3/h7-10,23-24,26,28-32,38-39H,5-6,11-22H2,1-4H3. The fourth-order valence-electron chi connectivity index (χ4n) is 10.9. The summed E-state index contributed by atoms with van der Waals surface area (Å²) in [5.41, 5.74) is 1.43. The summed E-state index contributed by atoms with van der Waals surface area (Å²) < 4.78 is 5.29. The molecule has 1 aliphatic heterocycles. The van der Waals surface area contributed by atoms with Gasteiger partial charge in [-0.1, -0.05) is 20.8 Å². The molecule has 1 heterocycles. The highest BCUT2D eigenvalue weighted by atomic mass is 16.5. The van der Waals surface area contributed by atoms with Crippen LogP contribution < -0.4 is 9.64 Å². The molecular weight excluding hydrogens is 512 g/mol. The molecule has 6 heteroatoms. The van der Waals surface area contributed by atoms with E-state index >= 15 is 0 Å². The number of benzene rings is 1. The number of methoxy groups -OCH3 is 1. The number of hydrogen-bond donors (Lipinski definition) is 2. The van der Waals surface area contributed by atoms with Crippen molar-refractivity contribution in [3.63, 3.8) is 0 Å².